The van der Waals surface area contributed by atoms with Gasteiger partial charge in [-0.25, -0.2) is 0 Å². The molecule has 0 aliphatic heterocycles. The minimum Gasteiger partial charge on any atom is -0.491 e. The van der Waals surface area contributed by atoms with Crippen molar-refractivity contribution in [3.05, 3.63) is 52.1 Å². The van der Waals surface area contributed by atoms with Crippen LogP contribution in [0.5, 0.6) is 5.75 Å². The van der Waals surface area contributed by atoms with Crippen LogP contribution in [0, 0.1) is 11.7 Å². The van der Waals surface area contributed by atoms with Gasteiger partial charge in [0.05, 0.1) is 11.4 Å². The molecule has 0 aliphatic rings. The molecule has 0 radical (unpaired) electrons. The maximum Gasteiger partial charge on any atom is 0.245 e. The van der Waals surface area contributed by atoms with E-state index < -0.39 is 6.04 Å². The maximum atomic E-state index is 12.9. The summed E-state index contributed by atoms with van der Waals surface area (Å²) in [6.45, 7) is 4.74. The Balaban J connectivity index is 1.66. The topological polar surface area (TPSA) is 63.1 Å². The average molecular weight is 403 g/mol. The normalized spacial score (nSPS) is 12.0. The third-order valence-electron chi connectivity index (χ3n) is 4.34. The SMILES string of the molecule is Cc1ccccc1OCCN(C)C(=O)C(C)n1c(-c2cccs2)n[nH]c1=S. The minimum atomic E-state index is -0.461. The lowest BCUT2D eigenvalue weighted by Gasteiger charge is -2.23. The highest BCUT2D eigenvalue weighted by Crippen LogP contribution is 2.26. The van der Waals surface area contributed by atoms with Gasteiger partial charge in [-0.1, -0.05) is 24.3 Å². The summed E-state index contributed by atoms with van der Waals surface area (Å²) in [5.74, 6) is 1.47. The van der Waals surface area contributed by atoms with Gasteiger partial charge in [-0.2, -0.15) is 5.10 Å². The van der Waals surface area contributed by atoms with Crippen LogP contribution < -0.4 is 4.74 Å². The summed E-state index contributed by atoms with van der Waals surface area (Å²) in [7, 11) is 1.77. The lowest BCUT2D eigenvalue weighted by atomic mass is 10.2. The largest absolute Gasteiger partial charge is 0.491 e. The van der Waals surface area contributed by atoms with Crippen LogP contribution in [0.1, 0.15) is 18.5 Å². The molecule has 0 fully saturated rings. The number of H-pyrrole nitrogens is 1. The van der Waals surface area contributed by atoms with Crippen molar-refractivity contribution in [1.29, 1.82) is 0 Å². The first kappa shape index (κ1) is 19.3. The van der Waals surface area contributed by atoms with Crippen LogP contribution >= 0.6 is 23.6 Å². The van der Waals surface area contributed by atoms with E-state index in [1.165, 1.54) is 0 Å². The Morgan fingerprint density at radius 1 is 1.37 bits per heavy atom. The monoisotopic (exact) mass is 402 g/mol. The first-order valence-electron chi connectivity index (χ1n) is 8.63. The number of thiophene rings is 1. The second kappa shape index (κ2) is 8.49. The van der Waals surface area contributed by atoms with Crippen molar-refractivity contribution in [1.82, 2.24) is 19.7 Å². The second-order valence-corrected chi connectivity index (χ2v) is 7.58. The number of rotatable bonds is 7. The van der Waals surface area contributed by atoms with Gasteiger partial charge in [0.1, 0.15) is 18.4 Å². The van der Waals surface area contributed by atoms with Crippen molar-refractivity contribution in [2.24, 2.45) is 0 Å². The van der Waals surface area contributed by atoms with E-state index in [-0.39, 0.29) is 5.91 Å². The number of aryl methyl sites for hydroxylation is 1. The smallest absolute Gasteiger partial charge is 0.245 e. The fraction of sp³-hybridized carbons (Fsp3) is 0.316. The molecule has 8 heteroatoms. The van der Waals surface area contributed by atoms with E-state index >= 15 is 0 Å². The molecule has 27 heavy (non-hydrogen) atoms. The zero-order valence-corrected chi connectivity index (χ0v) is 17.1. The van der Waals surface area contributed by atoms with Crippen molar-refractivity contribution in [3.63, 3.8) is 0 Å². The molecule has 1 atom stereocenters. The Bertz CT molecular complexity index is 962. The fourth-order valence-corrected chi connectivity index (χ4v) is 3.79. The molecule has 0 saturated heterocycles. The zero-order valence-electron chi connectivity index (χ0n) is 15.5. The molecular formula is C19H22N4O2S2. The minimum absolute atomic E-state index is 0.0429. The summed E-state index contributed by atoms with van der Waals surface area (Å²) in [6, 6.07) is 11.3. The lowest BCUT2D eigenvalue weighted by molar-refractivity contribution is -0.133. The number of hydrogen-bond acceptors (Lipinski definition) is 5. The number of para-hydroxylation sites is 1. The van der Waals surface area contributed by atoms with Gasteiger partial charge in [-0.15, -0.1) is 11.3 Å². The molecule has 142 valence electrons. The molecule has 6 nitrogen and oxygen atoms in total. The van der Waals surface area contributed by atoms with E-state index in [0.29, 0.717) is 23.7 Å². The number of amides is 1. The van der Waals surface area contributed by atoms with Crippen LogP contribution in [0.15, 0.2) is 41.8 Å². The number of likely N-dealkylation sites (N-methyl/N-ethyl adjacent to an activating group) is 1. The summed E-state index contributed by atoms with van der Waals surface area (Å²) >= 11 is 6.91. The summed E-state index contributed by atoms with van der Waals surface area (Å²) in [5.41, 5.74) is 1.07. The quantitative estimate of drug-likeness (QED) is 0.605. The summed E-state index contributed by atoms with van der Waals surface area (Å²) in [6.07, 6.45) is 0. The molecule has 0 saturated carbocycles. The predicted molar refractivity (Wildman–Crippen MR) is 110 cm³/mol. The van der Waals surface area contributed by atoms with Crippen molar-refractivity contribution >= 4 is 29.5 Å². The molecule has 0 aliphatic carbocycles. The van der Waals surface area contributed by atoms with Crippen molar-refractivity contribution in [2.45, 2.75) is 19.9 Å². The van der Waals surface area contributed by atoms with Crippen LogP contribution in [0.25, 0.3) is 10.7 Å². The number of benzene rings is 1. The molecule has 1 unspecified atom stereocenters. The number of ether oxygens (including phenoxy) is 1. The van der Waals surface area contributed by atoms with E-state index in [9.17, 15) is 4.79 Å². The maximum absolute atomic E-state index is 12.9. The highest BCUT2D eigenvalue weighted by molar-refractivity contribution is 7.71. The average Bonchev–Trinajstić information content (AvgIpc) is 3.31. The number of aromatic amines is 1. The molecule has 2 aromatic heterocycles. The van der Waals surface area contributed by atoms with Gasteiger partial charge in [0.2, 0.25) is 5.91 Å². The Labute approximate surface area is 167 Å². The Hall–Kier alpha value is -2.45. The van der Waals surface area contributed by atoms with Gasteiger partial charge in [0, 0.05) is 7.05 Å². The molecule has 0 bridgehead atoms. The first-order valence-corrected chi connectivity index (χ1v) is 9.92. The van der Waals surface area contributed by atoms with Crippen LogP contribution in [-0.4, -0.2) is 45.8 Å². The summed E-state index contributed by atoms with van der Waals surface area (Å²) < 4.78 is 8.00. The highest BCUT2D eigenvalue weighted by Gasteiger charge is 2.24. The first-order chi connectivity index (χ1) is 13.0. The molecule has 1 amide bonds. The molecule has 3 aromatic rings. The van der Waals surface area contributed by atoms with Gasteiger partial charge < -0.3 is 9.64 Å². The Morgan fingerprint density at radius 2 is 2.15 bits per heavy atom. The van der Waals surface area contributed by atoms with Gasteiger partial charge in [0.15, 0.2) is 10.6 Å². The molecule has 0 spiro atoms. The second-order valence-electron chi connectivity index (χ2n) is 6.25. The van der Waals surface area contributed by atoms with Crippen LogP contribution in [-0.2, 0) is 4.79 Å². The summed E-state index contributed by atoms with van der Waals surface area (Å²) in [4.78, 5) is 15.5. The Kier molecular flexibility index (Phi) is 6.08. The zero-order chi connectivity index (χ0) is 19.4. The van der Waals surface area contributed by atoms with Gasteiger partial charge >= 0.3 is 0 Å². The van der Waals surface area contributed by atoms with Gasteiger partial charge in [-0.05, 0) is 49.1 Å². The molecular weight excluding hydrogens is 380 g/mol. The van der Waals surface area contributed by atoms with Crippen molar-refractivity contribution in [3.8, 4) is 16.5 Å². The van der Waals surface area contributed by atoms with Gasteiger partial charge in [-0.3, -0.25) is 14.5 Å². The Morgan fingerprint density at radius 3 is 2.85 bits per heavy atom. The number of nitrogens with one attached hydrogen (secondary N) is 1. The fourth-order valence-electron chi connectivity index (χ4n) is 2.79. The predicted octanol–water partition coefficient (Wildman–Crippen LogP) is 4.08. The number of nitrogens with zero attached hydrogens (tertiary/aromatic N) is 3. The third kappa shape index (κ3) is 4.28. The number of carbonyl (C=O) groups is 1. The van der Waals surface area contributed by atoms with Crippen LogP contribution in [0.4, 0.5) is 0 Å². The standard InChI is InChI=1S/C19H22N4O2S2/c1-13-7-4-5-8-15(13)25-11-10-22(3)18(24)14(2)23-17(20-21-19(23)26)16-9-6-12-27-16/h4-9,12,14H,10-11H2,1-3H3,(H,21,26). The molecule has 3 rings (SSSR count). The van der Waals surface area contributed by atoms with Gasteiger partial charge in [0.25, 0.3) is 0 Å². The van der Waals surface area contributed by atoms with Crippen molar-refractivity contribution in [2.75, 3.05) is 20.2 Å². The summed E-state index contributed by atoms with van der Waals surface area (Å²) in [5, 5.41) is 9.06. The van der Waals surface area contributed by atoms with Crippen molar-refractivity contribution < 1.29 is 9.53 Å². The lowest BCUT2D eigenvalue weighted by Crippen LogP contribution is -2.36. The third-order valence-corrected chi connectivity index (χ3v) is 5.50. The highest BCUT2D eigenvalue weighted by atomic mass is 32.1. The van der Waals surface area contributed by atoms with E-state index in [0.717, 1.165) is 16.2 Å². The number of carbonyl (C=O) groups excluding carboxylic acids is 1. The van der Waals surface area contributed by atoms with Crippen LogP contribution in [0.2, 0.25) is 0 Å². The molecule has 1 aromatic carbocycles. The van der Waals surface area contributed by atoms with E-state index in [4.69, 9.17) is 17.0 Å². The van der Waals surface area contributed by atoms with E-state index in [2.05, 4.69) is 10.2 Å². The number of aromatic nitrogens is 3. The molecule has 2 heterocycles. The number of hydrogen-bond donors (Lipinski definition) is 1. The molecule has 1 N–H and O–H groups in total. The van der Waals surface area contributed by atoms with E-state index in [1.807, 2.05) is 55.6 Å². The van der Waals surface area contributed by atoms with E-state index in [1.54, 1.807) is 27.9 Å². The van der Waals surface area contributed by atoms with Crippen LogP contribution in [0.3, 0.4) is 0 Å².